The minimum Gasteiger partial charge on any atom is -0.327 e. The largest absolute Gasteiger partial charge is 0.436 e. The molecule has 0 amide bonds. The van der Waals surface area contributed by atoms with Crippen LogP contribution >= 0.6 is 31.9 Å². The van der Waals surface area contributed by atoms with Gasteiger partial charge < -0.3 is 4.74 Å². The Morgan fingerprint density at radius 3 is 0.545 bits per heavy atom. The van der Waals surface area contributed by atoms with Crippen molar-refractivity contribution in [1.82, 2.24) is 0 Å². The van der Waals surface area contributed by atoms with Gasteiger partial charge in [0.2, 0.25) is 0 Å². The van der Waals surface area contributed by atoms with Crippen molar-refractivity contribution in [3.05, 3.63) is 0 Å². The molecule has 0 aliphatic carbocycles. The zero-order valence-corrected chi connectivity index (χ0v) is 16.9. The Balaban J connectivity index is 8.23. The van der Waals surface area contributed by atoms with Crippen LogP contribution in [-0.4, -0.2) is 57.4 Å². The molecule has 0 N–H and O–H groups in total. The molecule has 0 radical (unpaired) electrons. The predicted molar refractivity (Wildman–Crippen MR) is 68.4 cm³/mol. The molecule has 0 aromatic rings. The lowest BCUT2D eigenvalue weighted by Crippen LogP contribution is -2.81. The smallest absolute Gasteiger partial charge is 0.327 e. The van der Waals surface area contributed by atoms with E-state index < -0.39 is 57.4 Å². The summed E-state index contributed by atoms with van der Waals surface area (Å²) in [5.74, 6) is 0. The molecule has 0 aromatic heterocycles. The van der Waals surface area contributed by atoms with Gasteiger partial charge in [-0.2, -0.15) is 79.0 Å². The van der Waals surface area contributed by atoms with Gasteiger partial charge >= 0.3 is 57.4 Å². The van der Waals surface area contributed by atoms with Gasteiger partial charge in [-0.1, -0.05) is 0 Å². The molecular weight excluding hydrogens is 676 g/mol. The molecule has 0 heterocycles. The number of ether oxygens (including phenoxy) is 1. The highest BCUT2D eigenvalue weighted by molar-refractivity contribution is 9.10. The quantitative estimate of drug-likeness (QED) is 0.217. The first-order valence-corrected chi connectivity index (χ1v) is 8.15. The third-order valence-electron chi connectivity index (χ3n) is 3.50. The van der Waals surface area contributed by atoms with E-state index in [2.05, 4.69) is 0 Å². The van der Waals surface area contributed by atoms with Gasteiger partial charge in [0, 0.05) is 0 Å². The van der Waals surface area contributed by atoms with Gasteiger partial charge in [0.15, 0.2) is 0 Å². The van der Waals surface area contributed by atoms with Crippen molar-refractivity contribution >= 4 is 31.9 Å². The predicted octanol–water partition coefficient (Wildman–Crippen LogP) is 7.98. The first-order valence-electron chi connectivity index (χ1n) is 6.57. The molecule has 0 fully saturated rings. The van der Waals surface area contributed by atoms with Gasteiger partial charge in [0.05, 0.1) is 0 Å². The fraction of sp³-hybridized carbons (Fsp3) is 1.00. The Labute approximate surface area is 182 Å². The summed E-state index contributed by atoms with van der Waals surface area (Å²) in [7, 11) is 0. The molecule has 0 aromatic carbocycles. The standard InChI is InChI=1S/C10Br2F20O/c11-3(13,9(27,28)29)1(5(15,16)17,6(18,19)20)33-2(7(21,22)23,8(24,25)26)4(12,14)10(30,31)32. The van der Waals surface area contributed by atoms with Crippen LogP contribution in [0.25, 0.3) is 0 Å². The molecule has 2 unspecified atom stereocenters. The minimum absolute atomic E-state index is 0.00923. The summed E-state index contributed by atoms with van der Waals surface area (Å²) in [6.07, 6.45) is -49.3. The van der Waals surface area contributed by atoms with E-state index in [0.29, 0.717) is 0 Å². The Morgan fingerprint density at radius 2 is 0.455 bits per heavy atom. The molecule has 0 spiro atoms. The average Bonchev–Trinajstić information content (AvgIpc) is 2.38. The second kappa shape index (κ2) is 8.02. The highest BCUT2D eigenvalue weighted by Crippen LogP contribution is 2.68. The monoisotopic (exact) mass is 674 g/mol. The summed E-state index contributed by atoms with van der Waals surface area (Å²) in [6, 6.07) is 0. The van der Waals surface area contributed by atoms with Crippen LogP contribution in [0.2, 0.25) is 0 Å². The van der Waals surface area contributed by atoms with Crippen LogP contribution in [0.3, 0.4) is 0 Å². The fourth-order valence-electron chi connectivity index (χ4n) is 2.02. The molecule has 200 valence electrons. The average molecular weight is 676 g/mol. The Kier molecular flexibility index (Phi) is 7.90. The van der Waals surface area contributed by atoms with Crippen molar-refractivity contribution in [3.63, 3.8) is 0 Å². The minimum atomic E-state index is -8.51. The van der Waals surface area contributed by atoms with E-state index in [-0.39, 0.29) is 31.9 Å². The van der Waals surface area contributed by atoms with E-state index in [1.165, 1.54) is 4.74 Å². The molecular formula is C10Br2F20O. The van der Waals surface area contributed by atoms with E-state index in [4.69, 9.17) is 0 Å². The van der Waals surface area contributed by atoms with Gasteiger partial charge in [-0.25, -0.2) is 8.78 Å². The van der Waals surface area contributed by atoms with Gasteiger partial charge in [-0.05, 0) is 31.9 Å². The van der Waals surface area contributed by atoms with E-state index in [0.717, 1.165) is 0 Å². The lowest BCUT2D eigenvalue weighted by Gasteiger charge is -2.51. The second-order valence-corrected chi connectivity index (χ2v) is 7.79. The van der Waals surface area contributed by atoms with Crippen molar-refractivity contribution in [2.24, 2.45) is 0 Å². The highest BCUT2D eigenvalue weighted by atomic mass is 79.9. The van der Waals surface area contributed by atoms with Crippen LogP contribution in [0, 0.1) is 0 Å². The van der Waals surface area contributed by atoms with Crippen molar-refractivity contribution in [1.29, 1.82) is 0 Å². The van der Waals surface area contributed by atoms with Crippen molar-refractivity contribution in [2.45, 2.75) is 57.4 Å². The molecule has 0 aliphatic heterocycles. The van der Waals surface area contributed by atoms with Crippen LogP contribution in [0.1, 0.15) is 0 Å². The first kappa shape index (κ1) is 32.5. The molecule has 0 rings (SSSR count). The van der Waals surface area contributed by atoms with Crippen LogP contribution in [0.4, 0.5) is 87.8 Å². The summed E-state index contributed by atoms with van der Waals surface area (Å²) in [6.45, 7) is 0. The van der Waals surface area contributed by atoms with E-state index in [1.54, 1.807) is 0 Å². The van der Waals surface area contributed by atoms with Crippen molar-refractivity contribution in [3.8, 4) is 0 Å². The lowest BCUT2D eigenvalue weighted by molar-refractivity contribution is -0.510. The summed E-state index contributed by atoms with van der Waals surface area (Å²) < 4.78 is 248. The fourth-order valence-corrected chi connectivity index (χ4v) is 3.08. The van der Waals surface area contributed by atoms with Crippen LogP contribution < -0.4 is 0 Å². The second-order valence-electron chi connectivity index (χ2n) is 5.60. The zero-order chi connectivity index (χ0) is 27.7. The molecule has 0 aliphatic rings. The summed E-state index contributed by atoms with van der Waals surface area (Å²) in [4.78, 5) is 0. The highest BCUT2D eigenvalue weighted by Gasteiger charge is 2.97. The zero-order valence-electron chi connectivity index (χ0n) is 13.7. The third kappa shape index (κ3) is 4.57. The Bertz CT molecular complexity index is 611. The van der Waals surface area contributed by atoms with Crippen LogP contribution in [-0.2, 0) is 4.74 Å². The summed E-state index contributed by atoms with van der Waals surface area (Å²) >= 11 is -0.0185. The topological polar surface area (TPSA) is 9.23 Å². The normalized spacial score (nSPS) is 19.8. The van der Waals surface area contributed by atoms with Crippen molar-refractivity contribution < 1.29 is 92.5 Å². The molecule has 0 bridgehead atoms. The first-order chi connectivity index (χ1) is 13.7. The molecule has 0 saturated heterocycles. The maximum Gasteiger partial charge on any atom is 0.436 e. The van der Waals surface area contributed by atoms with Gasteiger partial charge in [0.1, 0.15) is 0 Å². The maximum atomic E-state index is 14.0. The lowest BCUT2D eigenvalue weighted by atomic mass is 9.88. The van der Waals surface area contributed by atoms with Crippen LogP contribution in [0.5, 0.6) is 0 Å². The molecule has 1 nitrogen and oxygen atoms in total. The van der Waals surface area contributed by atoms with E-state index in [9.17, 15) is 87.8 Å². The number of rotatable bonds is 4. The van der Waals surface area contributed by atoms with Gasteiger partial charge in [0.25, 0.3) is 0 Å². The summed E-state index contributed by atoms with van der Waals surface area (Å²) in [5.41, 5.74) is -17.0. The third-order valence-corrected chi connectivity index (χ3v) is 5.52. The molecule has 33 heavy (non-hydrogen) atoms. The Morgan fingerprint density at radius 1 is 0.303 bits per heavy atom. The number of hydrogen-bond acceptors (Lipinski definition) is 1. The number of halogens is 22. The Hall–Kier alpha value is -0.480. The summed E-state index contributed by atoms with van der Waals surface area (Å²) in [5, 5.41) is 0. The maximum absolute atomic E-state index is 14.0. The van der Waals surface area contributed by atoms with Crippen molar-refractivity contribution in [2.75, 3.05) is 0 Å². The molecule has 0 saturated carbocycles. The SMILES string of the molecule is FC(F)(F)C(F)(Br)C(OC(C(F)(F)F)(C(F)(F)F)C(F)(Br)C(F)(F)F)(C(F)(F)F)C(F)(F)F. The van der Waals surface area contributed by atoms with E-state index >= 15 is 0 Å². The van der Waals surface area contributed by atoms with Gasteiger partial charge in [-0.3, -0.25) is 0 Å². The number of hydrogen-bond donors (Lipinski definition) is 0. The molecule has 23 heteroatoms. The van der Waals surface area contributed by atoms with Crippen LogP contribution in [0.15, 0.2) is 0 Å². The molecule has 2 atom stereocenters. The van der Waals surface area contributed by atoms with E-state index in [1.807, 2.05) is 0 Å². The number of alkyl halides is 22. The van der Waals surface area contributed by atoms with Gasteiger partial charge in [-0.15, -0.1) is 0 Å².